The number of benzene rings is 1. The van der Waals surface area contributed by atoms with E-state index < -0.39 is 0 Å². The standard InChI is InChI=1S/C18H20N2O2/c1-2-10-20-16(21)11-22-15-9-5-8-14-17(15)18(20)12-6-3-4-7-13(12)19-14/h5,8-9H,2-4,6-7,10-11H2,1H3. The maximum atomic E-state index is 12.6. The molecule has 1 aromatic carbocycles. The van der Waals surface area contributed by atoms with Gasteiger partial charge in [0, 0.05) is 12.2 Å². The summed E-state index contributed by atoms with van der Waals surface area (Å²) in [7, 11) is 0. The summed E-state index contributed by atoms with van der Waals surface area (Å²) in [6.45, 7) is 2.96. The third-order valence-electron chi connectivity index (χ3n) is 4.59. The van der Waals surface area contributed by atoms with Crippen molar-refractivity contribution in [2.24, 2.45) is 0 Å². The highest BCUT2D eigenvalue weighted by molar-refractivity contribution is 6.08. The van der Waals surface area contributed by atoms with Gasteiger partial charge in [-0.05, 0) is 49.8 Å². The molecule has 2 heterocycles. The molecule has 1 amide bonds. The number of carbonyl (C=O) groups excluding carboxylic acids is 1. The highest BCUT2D eigenvalue weighted by Gasteiger charge is 2.29. The monoisotopic (exact) mass is 296 g/mol. The maximum absolute atomic E-state index is 12.6. The van der Waals surface area contributed by atoms with Gasteiger partial charge in [0.15, 0.2) is 6.61 Å². The zero-order valence-corrected chi connectivity index (χ0v) is 12.9. The van der Waals surface area contributed by atoms with E-state index in [1.165, 1.54) is 24.1 Å². The van der Waals surface area contributed by atoms with Gasteiger partial charge in [-0.2, -0.15) is 0 Å². The van der Waals surface area contributed by atoms with Crippen LogP contribution in [0.1, 0.15) is 37.4 Å². The molecule has 0 N–H and O–H groups in total. The second-order valence-corrected chi connectivity index (χ2v) is 6.08. The lowest BCUT2D eigenvalue weighted by Gasteiger charge is -2.27. The highest BCUT2D eigenvalue weighted by Crippen LogP contribution is 2.41. The SMILES string of the molecule is CCCN1C(=O)COc2cccc3nc4c(c1c23)CCCC4. The molecule has 2 aromatic rings. The van der Waals surface area contributed by atoms with Crippen molar-refractivity contribution < 1.29 is 9.53 Å². The first-order valence-corrected chi connectivity index (χ1v) is 8.17. The van der Waals surface area contributed by atoms with Crippen LogP contribution >= 0.6 is 0 Å². The minimum Gasteiger partial charge on any atom is -0.483 e. The molecular weight excluding hydrogens is 276 g/mol. The molecule has 0 atom stereocenters. The molecule has 0 unspecified atom stereocenters. The summed E-state index contributed by atoms with van der Waals surface area (Å²) in [5.74, 6) is 0.846. The lowest BCUT2D eigenvalue weighted by Crippen LogP contribution is -2.35. The summed E-state index contributed by atoms with van der Waals surface area (Å²) in [6, 6.07) is 5.94. The van der Waals surface area contributed by atoms with Gasteiger partial charge in [-0.1, -0.05) is 13.0 Å². The van der Waals surface area contributed by atoms with Crippen LogP contribution < -0.4 is 9.64 Å². The van der Waals surface area contributed by atoms with Gasteiger partial charge in [0.05, 0.1) is 16.6 Å². The van der Waals surface area contributed by atoms with Crippen LogP contribution in [-0.2, 0) is 17.6 Å². The van der Waals surface area contributed by atoms with Crippen LogP contribution in [0.15, 0.2) is 18.2 Å². The number of hydrogen-bond acceptors (Lipinski definition) is 3. The molecular formula is C18H20N2O2. The van der Waals surface area contributed by atoms with Crippen LogP contribution in [0.4, 0.5) is 5.69 Å². The van der Waals surface area contributed by atoms with Gasteiger partial charge in [0.2, 0.25) is 0 Å². The largest absolute Gasteiger partial charge is 0.483 e. The molecule has 4 rings (SSSR count). The smallest absolute Gasteiger partial charge is 0.264 e. The number of hydrogen-bond donors (Lipinski definition) is 0. The molecule has 1 aliphatic heterocycles. The van der Waals surface area contributed by atoms with Gasteiger partial charge >= 0.3 is 0 Å². The Kier molecular flexibility index (Phi) is 3.25. The van der Waals surface area contributed by atoms with Gasteiger partial charge in [-0.25, -0.2) is 0 Å². The van der Waals surface area contributed by atoms with E-state index in [1.807, 2.05) is 23.1 Å². The van der Waals surface area contributed by atoms with Crippen LogP contribution in [-0.4, -0.2) is 24.0 Å². The van der Waals surface area contributed by atoms with Crippen molar-refractivity contribution >= 4 is 22.5 Å². The Bertz CT molecular complexity index is 754. The minimum absolute atomic E-state index is 0.0540. The Morgan fingerprint density at radius 2 is 2.14 bits per heavy atom. The number of rotatable bonds is 2. The number of anilines is 1. The molecule has 1 aromatic heterocycles. The third kappa shape index (κ3) is 1.97. The van der Waals surface area contributed by atoms with Crippen LogP contribution in [0.3, 0.4) is 0 Å². The predicted molar refractivity (Wildman–Crippen MR) is 86.5 cm³/mol. The Balaban J connectivity index is 2.07. The van der Waals surface area contributed by atoms with Crippen molar-refractivity contribution in [1.82, 2.24) is 4.98 Å². The van der Waals surface area contributed by atoms with E-state index in [0.29, 0.717) is 0 Å². The van der Waals surface area contributed by atoms with E-state index in [1.54, 1.807) is 0 Å². The minimum atomic E-state index is 0.0540. The first kappa shape index (κ1) is 13.6. The van der Waals surface area contributed by atoms with E-state index in [9.17, 15) is 4.79 Å². The maximum Gasteiger partial charge on any atom is 0.264 e. The Labute approximate surface area is 130 Å². The van der Waals surface area contributed by atoms with Gasteiger partial charge in [-0.15, -0.1) is 0 Å². The predicted octanol–water partition coefficient (Wildman–Crippen LogP) is 3.25. The number of ether oxygens (including phenoxy) is 1. The number of carbonyl (C=O) groups is 1. The van der Waals surface area contributed by atoms with Gasteiger partial charge in [0.1, 0.15) is 5.75 Å². The second-order valence-electron chi connectivity index (χ2n) is 6.08. The van der Waals surface area contributed by atoms with Crippen LogP contribution in [0, 0.1) is 0 Å². The lowest BCUT2D eigenvalue weighted by molar-refractivity contribution is -0.120. The second kappa shape index (κ2) is 5.27. The molecule has 22 heavy (non-hydrogen) atoms. The Hall–Kier alpha value is -2.10. The topological polar surface area (TPSA) is 42.4 Å². The quantitative estimate of drug-likeness (QED) is 0.854. The molecule has 4 nitrogen and oxygen atoms in total. The summed E-state index contributed by atoms with van der Waals surface area (Å²) in [5, 5.41) is 1.02. The molecule has 0 saturated heterocycles. The zero-order chi connectivity index (χ0) is 15.1. The summed E-state index contributed by atoms with van der Waals surface area (Å²) in [4.78, 5) is 19.4. The van der Waals surface area contributed by atoms with Crippen LogP contribution in [0.25, 0.3) is 10.9 Å². The molecule has 2 aliphatic rings. The number of nitrogens with zero attached hydrogens (tertiary/aromatic N) is 2. The molecule has 0 spiro atoms. The number of amides is 1. The van der Waals surface area contributed by atoms with E-state index in [0.717, 1.165) is 48.1 Å². The van der Waals surface area contributed by atoms with Crippen molar-refractivity contribution in [1.29, 1.82) is 0 Å². The number of aromatic nitrogens is 1. The molecule has 4 heteroatoms. The normalized spacial score (nSPS) is 17.1. The molecule has 0 bridgehead atoms. The van der Waals surface area contributed by atoms with Crippen molar-refractivity contribution in [3.63, 3.8) is 0 Å². The van der Waals surface area contributed by atoms with E-state index in [-0.39, 0.29) is 12.5 Å². The van der Waals surface area contributed by atoms with Crippen molar-refractivity contribution in [2.75, 3.05) is 18.1 Å². The molecule has 0 saturated carbocycles. The number of aryl methyl sites for hydroxylation is 1. The Morgan fingerprint density at radius 3 is 3.00 bits per heavy atom. The summed E-state index contributed by atoms with van der Waals surface area (Å²) >= 11 is 0. The molecule has 1 aliphatic carbocycles. The fourth-order valence-electron chi connectivity index (χ4n) is 3.64. The van der Waals surface area contributed by atoms with Crippen molar-refractivity contribution in [2.45, 2.75) is 39.0 Å². The molecule has 0 fully saturated rings. The van der Waals surface area contributed by atoms with E-state index in [2.05, 4.69) is 6.92 Å². The van der Waals surface area contributed by atoms with Gasteiger partial charge in [-0.3, -0.25) is 9.78 Å². The van der Waals surface area contributed by atoms with E-state index in [4.69, 9.17) is 9.72 Å². The van der Waals surface area contributed by atoms with Crippen molar-refractivity contribution in [3.05, 3.63) is 29.5 Å². The third-order valence-corrected chi connectivity index (χ3v) is 4.59. The lowest BCUT2D eigenvalue weighted by atomic mass is 9.92. The Morgan fingerprint density at radius 1 is 1.27 bits per heavy atom. The fraction of sp³-hybridized carbons (Fsp3) is 0.444. The van der Waals surface area contributed by atoms with Gasteiger partial charge in [0.25, 0.3) is 5.91 Å². The molecule has 0 radical (unpaired) electrons. The zero-order valence-electron chi connectivity index (χ0n) is 12.9. The fourth-order valence-corrected chi connectivity index (χ4v) is 3.64. The number of fused-ring (bicyclic) bond motifs is 2. The summed E-state index contributed by atoms with van der Waals surface area (Å²) in [6.07, 6.45) is 5.31. The first-order valence-electron chi connectivity index (χ1n) is 8.17. The van der Waals surface area contributed by atoms with Crippen LogP contribution in [0.5, 0.6) is 5.75 Å². The number of pyridine rings is 1. The van der Waals surface area contributed by atoms with Crippen LogP contribution in [0.2, 0.25) is 0 Å². The van der Waals surface area contributed by atoms with Crippen molar-refractivity contribution in [3.8, 4) is 5.75 Å². The van der Waals surface area contributed by atoms with E-state index >= 15 is 0 Å². The summed E-state index contributed by atoms with van der Waals surface area (Å²) in [5.41, 5.74) is 4.45. The average Bonchev–Trinajstić information content (AvgIpc) is 2.68. The average molecular weight is 296 g/mol. The first-order chi connectivity index (χ1) is 10.8. The highest BCUT2D eigenvalue weighted by atomic mass is 16.5. The summed E-state index contributed by atoms with van der Waals surface area (Å²) < 4.78 is 5.77. The molecule has 114 valence electrons. The van der Waals surface area contributed by atoms with Gasteiger partial charge < -0.3 is 9.64 Å².